The molecule has 0 aliphatic carbocycles. The molecule has 0 bridgehead atoms. The van der Waals surface area contributed by atoms with Gasteiger partial charge in [-0.15, -0.1) is 0 Å². The molecule has 0 amide bonds. The second-order valence-corrected chi connectivity index (χ2v) is 12.3. The highest BCUT2D eigenvalue weighted by atomic mass is 32.2. The fraction of sp³-hybridized carbons (Fsp3) is 0.552. The van der Waals surface area contributed by atoms with Crippen LogP contribution in [0.2, 0.25) is 0 Å². The zero-order valence-electron chi connectivity index (χ0n) is 24.3. The third-order valence-electron chi connectivity index (χ3n) is 5.77. The summed E-state index contributed by atoms with van der Waals surface area (Å²) in [4.78, 5) is 22.1. The number of carbonyl (C=O) groups excluding carboxylic acids is 1. The highest BCUT2D eigenvalue weighted by molar-refractivity contribution is 7.96. The molecule has 0 saturated carbocycles. The fourth-order valence-corrected chi connectivity index (χ4v) is 4.73. The van der Waals surface area contributed by atoms with Crippen LogP contribution in [0.3, 0.4) is 0 Å². The van der Waals surface area contributed by atoms with Crippen LogP contribution in [0.4, 0.5) is 10.3 Å². The monoisotopic (exact) mass is 561 g/mol. The molecule has 214 valence electrons. The quantitative estimate of drug-likeness (QED) is 0.188. The summed E-state index contributed by atoms with van der Waals surface area (Å²) in [6.45, 7) is 13.3. The molecule has 1 aromatic heterocycles. The predicted octanol–water partition coefficient (Wildman–Crippen LogP) is 6.71. The molecule has 1 aromatic carbocycles. The molecule has 10 heteroatoms. The van der Waals surface area contributed by atoms with Crippen LogP contribution in [0.1, 0.15) is 78.5 Å². The van der Waals surface area contributed by atoms with Gasteiger partial charge in [-0.3, -0.25) is 13.3 Å². The maximum Gasteiger partial charge on any atom is 0.308 e. The molecule has 2 atom stereocenters. The zero-order valence-corrected chi connectivity index (χ0v) is 25.1. The highest BCUT2D eigenvalue weighted by Crippen LogP contribution is 2.34. The number of rotatable bonds is 9. The fourth-order valence-electron chi connectivity index (χ4n) is 4.36. The van der Waals surface area contributed by atoms with Crippen LogP contribution in [-0.4, -0.2) is 53.7 Å². The number of nitrogens with zero attached hydrogens (tertiary/aromatic N) is 3. The van der Waals surface area contributed by atoms with E-state index in [0.717, 1.165) is 29.0 Å². The number of ether oxygens (including phenoxy) is 3. The van der Waals surface area contributed by atoms with E-state index in [-0.39, 0.29) is 36.3 Å². The van der Waals surface area contributed by atoms with Crippen molar-refractivity contribution in [2.24, 2.45) is 0 Å². The van der Waals surface area contributed by atoms with Crippen LogP contribution in [0.5, 0.6) is 0 Å². The Morgan fingerprint density at radius 1 is 1.23 bits per heavy atom. The Balaban J connectivity index is 1.99. The second kappa shape index (κ2) is 12.8. The molecule has 3 rings (SSSR count). The number of carbonyl (C=O) groups is 1. The summed E-state index contributed by atoms with van der Waals surface area (Å²) in [5, 5.41) is 0. The van der Waals surface area contributed by atoms with Gasteiger partial charge >= 0.3 is 5.97 Å². The normalized spacial score (nSPS) is 19.5. The molecular formula is C29H40FN3O5S. The van der Waals surface area contributed by atoms with Gasteiger partial charge in [0.25, 0.3) is 0 Å². The van der Waals surface area contributed by atoms with Gasteiger partial charge in [-0.1, -0.05) is 26.0 Å². The number of esters is 1. The van der Waals surface area contributed by atoms with Crippen LogP contribution >= 0.6 is 12.2 Å². The third kappa shape index (κ3) is 8.99. The number of anilines is 1. The largest absolute Gasteiger partial charge is 0.460 e. The molecule has 0 spiro atoms. The molecule has 0 radical (unpaired) electrons. The summed E-state index contributed by atoms with van der Waals surface area (Å²) in [6.07, 6.45) is 3.84. The van der Waals surface area contributed by atoms with E-state index in [1.807, 2.05) is 53.8 Å². The van der Waals surface area contributed by atoms with E-state index in [0.29, 0.717) is 18.1 Å². The minimum absolute atomic E-state index is 0.0681. The Labute approximate surface area is 235 Å². The van der Waals surface area contributed by atoms with Crippen molar-refractivity contribution in [1.82, 2.24) is 9.97 Å². The van der Waals surface area contributed by atoms with Crippen molar-refractivity contribution in [2.45, 2.75) is 90.8 Å². The van der Waals surface area contributed by atoms with E-state index < -0.39 is 11.4 Å². The molecule has 2 heterocycles. The SMILES string of the molecule is COSN(C)c1nc(-c2ccc(F)cc2)c(/C=C/C2CC(CC(=O)OC(C)(C)C)OC(C)(C)O2)c(C(C)C)n1. The lowest BCUT2D eigenvalue weighted by Gasteiger charge is -2.39. The second-order valence-electron chi connectivity index (χ2n) is 11.3. The van der Waals surface area contributed by atoms with Crippen molar-refractivity contribution in [3.63, 3.8) is 0 Å². The van der Waals surface area contributed by atoms with Gasteiger partial charge in [0, 0.05) is 24.6 Å². The van der Waals surface area contributed by atoms with Crippen molar-refractivity contribution < 1.29 is 27.6 Å². The molecule has 2 aromatic rings. The average Bonchev–Trinajstić information content (AvgIpc) is 2.80. The van der Waals surface area contributed by atoms with Crippen LogP contribution < -0.4 is 4.31 Å². The standard InChI is InChI=1S/C29H40FN3O5S/c1-18(2)25-23(26(19-10-12-20(30)13-11-19)32-27(31-25)33(8)39-35-9)15-14-21-16-22(37-29(6,7)36-21)17-24(34)38-28(3,4)5/h10-15,18,21-22H,16-17H2,1-9H3/b15-14+. The zero-order chi connectivity index (χ0) is 29.0. The van der Waals surface area contributed by atoms with Crippen molar-refractivity contribution in [3.05, 3.63) is 47.4 Å². The average molecular weight is 562 g/mol. The number of hydrogen-bond donors (Lipinski definition) is 0. The number of benzene rings is 1. The van der Waals surface area contributed by atoms with E-state index in [1.54, 1.807) is 23.5 Å². The van der Waals surface area contributed by atoms with E-state index in [4.69, 9.17) is 28.4 Å². The topological polar surface area (TPSA) is 83.0 Å². The van der Waals surface area contributed by atoms with Gasteiger partial charge in [-0.2, -0.15) is 0 Å². The maximum atomic E-state index is 13.8. The highest BCUT2D eigenvalue weighted by Gasteiger charge is 2.36. The van der Waals surface area contributed by atoms with Crippen LogP contribution in [-0.2, 0) is 23.2 Å². The lowest BCUT2D eigenvalue weighted by molar-refractivity contribution is -0.290. The van der Waals surface area contributed by atoms with Crippen molar-refractivity contribution in [3.8, 4) is 11.3 Å². The number of halogens is 1. The van der Waals surface area contributed by atoms with Crippen LogP contribution in [0, 0.1) is 5.82 Å². The smallest absolute Gasteiger partial charge is 0.308 e. The molecule has 1 aliphatic rings. The number of hydrogen-bond acceptors (Lipinski definition) is 9. The van der Waals surface area contributed by atoms with Crippen molar-refractivity contribution in [1.29, 1.82) is 0 Å². The van der Waals surface area contributed by atoms with Gasteiger partial charge in [0.1, 0.15) is 23.6 Å². The molecule has 1 saturated heterocycles. The summed E-state index contributed by atoms with van der Waals surface area (Å²) >= 11 is 1.12. The first kappa shape index (κ1) is 31.0. The lowest BCUT2D eigenvalue weighted by Crippen LogP contribution is -2.45. The minimum Gasteiger partial charge on any atom is -0.460 e. The van der Waals surface area contributed by atoms with E-state index >= 15 is 0 Å². The maximum absolute atomic E-state index is 13.8. The predicted molar refractivity (Wildman–Crippen MR) is 152 cm³/mol. The van der Waals surface area contributed by atoms with Crippen molar-refractivity contribution >= 4 is 30.2 Å². The first-order chi connectivity index (χ1) is 18.2. The molecule has 39 heavy (non-hydrogen) atoms. The van der Waals surface area contributed by atoms with Gasteiger partial charge in [0.2, 0.25) is 5.95 Å². The van der Waals surface area contributed by atoms with Gasteiger partial charge in [0.15, 0.2) is 5.79 Å². The summed E-state index contributed by atoms with van der Waals surface area (Å²) in [5.74, 6) is -0.978. The molecular weight excluding hydrogens is 521 g/mol. The molecule has 1 fully saturated rings. The van der Waals surface area contributed by atoms with E-state index in [1.165, 1.54) is 12.1 Å². The number of aromatic nitrogens is 2. The first-order valence-corrected chi connectivity index (χ1v) is 13.8. The van der Waals surface area contributed by atoms with Gasteiger partial charge in [0.05, 0.1) is 37.1 Å². The van der Waals surface area contributed by atoms with E-state index in [2.05, 4.69) is 13.8 Å². The Kier molecular flexibility index (Phi) is 10.1. The first-order valence-electron chi connectivity index (χ1n) is 13.1. The third-order valence-corrected chi connectivity index (χ3v) is 6.30. The Hall–Kier alpha value is -2.53. The molecule has 0 N–H and O–H groups in total. The Morgan fingerprint density at radius 2 is 1.90 bits per heavy atom. The minimum atomic E-state index is -0.888. The van der Waals surface area contributed by atoms with Crippen molar-refractivity contribution in [2.75, 3.05) is 18.5 Å². The summed E-state index contributed by atoms with van der Waals surface area (Å²) in [7, 11) is 3.40. The van der Waals surface area contributed by atoms with Crippen LogP contribution in [0.25, 0.3) is 17.3 Å². The molecule has 8 nitrogen and oxygen atoms in total. The van der Waals surface area contributed by atoms with Gasteiger partial charge < -0.3 is 14.2 Å². The molecule has 2 unspecified atom stereocenters. The Morgan fingerprint density at radius 3 is 2.49 bits per heavy atom. The van der Waals surface area contributed by atoms with Gasteiger partial charge in [-0.05, 0) is 64.8 Å². The molecule has 1 aliphatic heterocycles. The Bertz CT molecular complexity index is 1160. The lowest BCUT2D eigenvalue weighted by atomic mass is 9.97. The van der Waals surface area contributed by atoms with Crippen LogP contribution in [0.15, 0.2) is 30.3 Å². The summed E-state index contributed by atoms with van der Waals surface area (Å²) in [6, 6.07) is 6.24. The summed E-state index contributed by atoms with van der Waals surface area (Å²) < 4.78 is 38.4. The van der Waals surface area contributed by atoms with E-state index in [9.17, 15) is 9.18 Å². The van der Waals surface area contributed by atoms with Gasteiger partial charge in [-0.25, -0.2) is 14.4 Å². The summed E-state index contributed by atoms with van der Waals surface area (Å²) in [5.41, 5.74) is 2.50.